The number of imidazole rings is 1. The third-order valence-corrected chi connectivity index (χ3v) is 2.05. The number of carbonyl (C=O) groups is 1. The van der Waals surface area contributed by atoms with Crippen LogP contribution in [0.4, 0.5) is 0 Å². The summed E-state index contributed by atoms with van der Waals surface area (Å²) in [5.74, 6) is -0.0954. The summed E-state index contributed by atoms with van der Waals surface area (Å²) < 4.78 is 0. The summed E-state index contributed by atoms with van der Waals surface area (Å²) >= 11 is 0. The van der Waals surface area contributed by atoms with Gasteiger partial charge in [0, 0.05) is 18.3 Å². The highest BCUT2D eigenvalue weighted by Gasteiger charge is 2.12. The molecule has 1 atom stereocenters. The van der Waals surface area contributed by atoms with E-state index >= 15 is 0 Å². The molecule has 1 heterocycles. The van der Waals surface area contributed by atoms with Crippen molar-refractivity contribution in [1.82, 2.24) is 9.97 Å². The summed E-state index contributed by atoms with van der Waals surface area (Å²) in [5.41, 5.74) is 7.42. The zero-order valence-electron chi connectivity index (χ0n) is 8.73. The number of H-pyrrole nitrogens is 1. The molecule has 0 spiro atoms. The maximum absolute atomic E-state index is 11.6. The topological polar surface area (TPSA) is 71.8 Å². The maximum atomic E-state index is 11.6. The van der Waals surface area contributed by atoms with Crippen LogP contribution in [0, 0.1) is 0 Å². The van der Waals surface area contributed by atoms with E-state index in [9.17, 15) is 4.79 Å². The molecule has 0 amide bonds. The highest BCUT2D eigenvalue weighted by molar-refractivity contribution is 5.95. The van der Waals surface area contributed by atoms with Gasteiger partial charge < -0.3 is 10.7 Å². The van der Waals surface area contributed by atoms with Crippen LogP contribution in [0.15, 0.2) is 36.8 Å². The standard InChI is InChI=1S/C11H15N3O/c1-3-8(2)4-11(15)10(12)5-9-6-13-7-14-9/h3-4,6-7,10H,1,5,12H2,2H3,(H,13,14)/b8-4-. The molecule has 0 aliphatic carbocycles. The molecule has 0 radical (unpaired) electrons. The number of nitrogens with zero attached hydrogens (tertiary/aromatic N) is 1. The number of hydrogen-bond acceptors (Lipinski definition) is 3. The summed E-state index contributed by atoms with van der Waals surface area (Å²) in [6.45, 7) is 5.38. The number of allylic oxidation sites excluding steroid dienone is 2. The molecule has 15 heavy (non-hydrogen) atoms. The smallest absolute Gasteiger partial charge is 0.172 e. The molecule has 0 aromatic carbocycles. The monoisotopic (exact) mass is 205 g/mol. The second-order valence-electron chi connectivity index (χ2n) is 3.38. The van der Waals surface area contributed by atoms with Crippen molar-refractivity contribution in [2.75, 3.05) is 0 Å². The normalized spacial score (nSPS) is 13.6. The fourth-order valence-corrected chi connectivity index (χ4v) is 1.12. The third kappa shape index (κ3) is 3.52. The van der Waals surface area contributed by atoms with Crippen LogP contribution in [0.2, 0.25) is 0 Å². The van der Waals surface area contributed by atoms with Gasteiger partial charge in [-0.1, -0.05) is 12.7 Å². The van der Waals surface area contributed by atoms with Crippen molar-refractivity contribution >= 4 is 5.78 Å². The number of hydrogen-bond donors (Lipinski definition) is 2. The van der Waals surface area contributed by atoms with E-state index in [0.717, 1.165) is 11.3 Å². The van der Waals surface area contributed by atoms with Crippen LogP contribution < -0.4 is 5.73 Å². The molecule has 1 unspecified atom stereocenters. The van der Waals surface area contributed by atoms with E-state index in [1.54, 1.807) is 18.6 Å². The van der Waals surface area contributed by atoms with Gasteiger partial charge in [0.05, 0.1) is 12.4 Å². The molecule has 4 heteroatoms. The minimum absolute atomic E-state index is 0.0954. The molecule has 0 saturated carbocycles. The summed E-state index contributed by atoms with van der Waals surface area (Å²) in [4.78, 5) is 18.3. The van der Waals surface area contributed by atoms with Gasteiger partial charge in [0.15, 0.2) is 5.78 Å². The lowest BCUT2D eigenvalue weighted by Crippen LogP contribution is -2.31. The highest BCUT2D eigenvalue weighted by atomic mass is 16.1. The van der Waals surface area contributed by atoms with Crippen molar-refractivity contribution in [3.8, 4) is 0 Å². The molecule has 4 nitrogen and oxygen atoms in total. The molecule has 1 aromatic rings. The zero-order valence-corrected chi connectivity index (χ0v) is 8.73. The number of ketones is 1. The van der Waals surface area contributed by atoms with Gasteiger partial charge in [-0.2, -0.15) is 0 Å². The van der Waals surface area contributed by atoms with Gasteiger partial charge in [-0.25, -0.2) is 4.98 Å². The molecule has 0 fully saturated rings. The Kier molecular flexibility index (Phi) is 4.00. The lowest BCUT2D eigenvalue weighted by molar-refractivity contribution is -0.115. The van der Waals surface area contributed by atoms with Gasteiger partial charge in [0.2, 0.25) is 0 Å². The lowest BCUT2D eigenvalue weighted by Gasteiger charge is -2.06. The molecule has 1 aromatic heterocycles. The predicted molar refractivity (Wildman–Crippen MR) is 59.2 cm³/mol. The molecule has 0 aliphatic heterocycles. The van der Waals surface area contributed by atoms with Crippen LogP contribution in [0.1, 0.15) is 12.6 Å². The average molecular weight is 205 g/mol. The average Bonchev–Trinajstić information content (AvgIpc) is 2.70. The molecule has 3 N–H and O–H groups in total. The quantitative estimate of drug-likeness (QED) is 0.556. The Morgan fingerprint density at radius 1 is 1.80 bits per heavy atom. The Morgan fingerprint density at radius 3 is 3.07 bits per heavy atom. The summed E-state index contributed by atoms with van der Waals surface area (Å²) in [6.07, 6.45) is 6.84. The Morgan fingerprint density at radius 2 is 2.53 bits per heavy atom. The molecule has 0 aliphatic rings. The molecule has 0 bridgehead atoms. The van der Waals surface area contributed by atoms with Crippen molar-refractivity contribution < 1.29 is 4.79 Å². The first-order valence-corrected chi connectivity index (χ1v) is 4.71. The number of aromatic amines is 1. The van der Waals surface area contributed by atoms with Crippen LogP contribution in [-0.4, -0.2) is 21.8 Å². The largest absolute Gasteiger partial charge is 0.348 e. The zero-order chi connectivity index (χ0) is 11.3. The number of nitrogens with one attached hydrogen (secondary N) is 1. The van der Waals surface area contributed by atoms with E-state index in [1.807, 2.05) is 6.92 Å². The number of aromatic nitrogens is 2. The predicted octanol–water partition coefficient (Wildman–Crippen LogP) is 0.981. The maximum Gasteiger partial charge on any atom is 0.172 e. The van der Waals surface area contributed by atoms with Crippen LogP contribution in [0.25, 0.3) is 0 Å². The van der Waals surface area contributed by atoms with Crippen molar-refractivity contribution in [3.63, 3.8) is 0 Å². The van der Waals surface area contributed by atoms with Crippen LogP contribution >= 0.6 is 0 Å². The first kappa shape index (κ1) is 11.4. The van der Waals surface area contributed by atoms with Crippen LogP contribution in [0.3, 0.4) is 0 Å². The van der Waals surface area contributed by atoms with E-state index in [2.05, 4.69) is 16.5 Å². The Labute approximate surface area is 88.9 Å². The van der Waals surface area contributed by atoms with E-state index in [0.29, 0.717) is 6.42 Å². The fourth-order valence-electron chi connectivity index (χ4n) is 1.12. The van der Waals surface area contributed by atoms with Crippen LogP contribution in [0.5, 0.6) is 0 Å². The van der Waals surface area contributed by atoms with Crippen LogP contribution in [-0.2, 0) is 11.2 Å². The number of nitrogens with two attached hydrogens (primary N) is 1. The highest BCUT2D eigenvalue weighted by Crippen LogP contribution is 2.00. The molecule has 0 saturated heterocycles. The van der Waals surface area contributed by atoms with Gasteiger partial charge in [0.1, 0.15) is 0 Å². The Bertz CT molecular complexity index is 365. The Hall–Kier alpha value is -1.68. The van der Waals surface area contributed by atoms with Crippen molar-refractivity contribution in [1.29, 1.82) is 0 Å². The fraction of sp³-hybridized carbons (Fsp3) is 0.273. The van der Waals surface area contributed by atoms with E-state index in [4.69, 9.17) is 5.73 Å². The molecular formula is C11H15N3O. The first-order valence-electron chi connectivity index (χ1n) is 4.71. The minimum Gasteiger partial charge on any atom is -0.348 e. The van der Waals surface area contributed by atoms with Gasteiger partial charge >= 0.3 is 0 Å². The van der Waals surface area contributed by atoms with Gasteiger partial charge in [-0.3, -0.25) is 4.79 Å². The summed E-state index contributed by atoms with van der Waals surface area (Å²) in [6, 6.07) is -0.527. The van der Waals surface area contributed by atoms with Crippen molar-refractivity contribution in [3.05, 3.63) is 42.5 Å². The van der Waals surface area contributed by atoms with Crippen molar-refractivity contribution in [2.45, 2.75) is 19.4 Å². The second-order valence-corrected chi connectivity index (χ2v) is 3.38. The summed E-state index contributed by atoms with van der Waals surface area (Å²) in [5, 5.41) is 0. The van der Waals surface area contributed by atoms with Gasteiger partial charge in [-0.05, 0) is 18.6 Å². The SMILES string of the molecule is C=C/C(C)=C\C(=O)C(N)Cc1cnc[nH]1. The molecule has 80 valence electrons. The lowest BCUT2D eigenvalue weighted by atomic mass is 10.1. The van der Waals surface area contributed by atoms with E-state index in [-0.39, 0.29) is 5.78 Å². The first-order chi connectivity index (χ1) is 7.13. The third-order valence-electron chi connectivity index (χ3n) is 2.05. The number of rotatable bonds is 5. The Balaban J connectivity index is 2.58. The second kappa shape index (κ2) is 5.26. The summed E-state index contributed by atoms with van der Waals surface area (Å²) in [7, 11) is 0. The van der Waals surface area contributed by atoms with Gasteiger partial charge in [-0.15, -0.1) is 0 Å². The van der Waals surface area contributed by atoms with E-state index < -0.39 is 6.04 Å². The molecular weight excluding hydrogens is 190 g/mol. The molecule has 1 rings (SSSR count). The minimum atomic E-state index is -0.527. The number of carbonyl (C=O) groups excluding carboxylic acids is 1. The van der Waals surface area contributed by atoms with Crippen molar-refractivity contribution in [2.24, 2.45) is 5.73 Å². The van der Waals surface area contributed by atoms with E-state index in [1.165, 1.54) is 6.08 Å². The van der Waals surface area contributed by atoms with Gasteiger partial charge in [0.25, 0.3) is 0 Å².